The molecule has 0 radical (unpaired) electrons. The van der Waals surface area contributed by atoms with Crippen molar-refractivity contribution in [3.05, 3.63) is 59.4 Å². The monoisotopic (exact) mass is 381 g/mol. The highest BCUT2D eigenvalue weighted by molar-refractivity contribution is 5.22. The summed E-state index contributed by atoms with van der Waals surface area (Å²) in [5.74, 6) is 1.03. The van der Waals surface area contributed by atoms with Crippen LogP contribution in [0.25, 0.3) is 0 Å². The molecule has 1 aromatic carbocycles. The Morgan fingerprint density at radius 2 is 1.61 bits per heavy atom. The van der Waals surface area contributed by atoms with Crippen molar-refractivity contribution in [1.82, 2.24) is 0 Å². The Kier molecular flexibility index (Phi) is 10.7. The summed E-state index contributed by atoms with van der Waals surface area (Å²) >= 11 is 0. The van der Waals surface area contributed by atoms with Crippen LogP contribution in [0.3, 0.4) is 0 Å². The van der Waals surface area contributed by atoms with E-state index in [1.807, 2.05) is 6.08 Å². The molecule has 1 nitrogen and oxygen atoms in total. The molecule has 0 aromatic heterocycles. The molecule has 1 aliphatic carbocycles. The van der Waals surface area contributed by atoms with Gasteiger partial charge in [0.15, 0.2) is 5.83 Å². The number of hydrogen-bond acceptors (Lipinski definition) is 1. The first-order chi connectivity index (χ1) is 13.7. The Labute approximate surface area is 171 Å². The van der Waals surface area contributed by atoms with E-state index in [4.69, 9.17) is 5.26 Å². The van der Waals surface area contributed by atoms with Crippen LogP contribution in [-0.4, -0.2) is 0 Å². The van der Waals surface area contributed by atoms with Crippen molar-refractivity contribution in [2.45, 2.75) is 84.0 Å². The predicted octanol–water partition coefficient (Wildman–Crippen LogP) is 7.87. The molecular weight excluding hydrogens is 345 g/mol. The molecule has 0 bridgehead atoms. The van der Waals surface area contributed by atoms with Crippen molar-refractivity contribution in [2.24, 2.45) is 11.8 Å². The van der Waals surface area contributed by atoms with Crippen molar-refractivity contribution in [3.8, 4) is 6.07 Å². The van der Waals surface area contributed by atoms with Crippen LogP contribution in [0.2, 0.25) is 0 Å². The normalized spacial score (nSPS) is 20.4. The molecule has 0 heterocycles. The summed E-state index contributed by atoms with van der Waals surface area (Å²) in [6, 6.07) is 10.7. The average molecular weight is 382 g/mol. The molecular formula is C26H36FN. The fourth-order valence-electron chi connectivity index (χ4n) is 4.35. The van der Waals surface area contributed by atoms with Gasteiger partial charge >= 0.3 is 0 Å². The quantitative estimate of drug-likeness (QED) is 0.217. The van der Waals surface area contributed by atoms with Crippen molar-refractivity contribution < 1.29 is 4.39 Å². The van der Waals surface area contributed by atoms with Crippen LogP contribution in [0, 0.1) is 23.2 Å². The second-order valence-corrected chi connectivity index (χ2v) is 8.33. The number of benzene rings is 1. The summed E-state index contributed by atoms with van der Waals surface area (Å²) in [5.41, 5.74) is 2.95. The summed E-state index contributed by atoms with van der Waals surface area (Å²) in [5, 5.41) is 8.36. The first-order valence-electron chi connectivity index (χ1n) is 11.2. The van der Waals surface area contributed by atoms with Gasteiger partial charge in [-0.15, -0.1) is 0 Å². The molecule has 1 saturated carbocycles. The number of allylic oxidation sites excluding steroid dienone is 4. The largest absolute Gasteiger partial charge is 0.199 e. The zero-order valence-electron chi connectivity index (χ0n) is 17.5. The summed E-state index contributed by atoms with van der Waals surface area (Å²) in [4.78, 5) is 0. The molecule has 0 unspecified atom stereocenters. The number of aryl methyl sites for hydroxylation is 2. The zero-order valence-corrected chi connectivity index (χ0v) is 17.5. The number of hydrogen-bond donors (Lipinski definition) is 0. The molecule has 152 valence electrons. The lowest BCUT2D eigenvalue weighted by molar-refractivity contribution is 0.250. The molecule has 0 spiro atoms. The molecule has 1 aromatic rings. The Hall–Kier alpha value is -1.88. The average Bonchev–Trinajstić information content (AvgIpc) is 2.73. The third kappa shape index (κ3) is 8.87. The Balaban J connectivity index is 1.53. The van der Waals surface area contributed by atoms with Gasteiger partial charge < -0.3 is 0 Å². The molecule has 2 heteroatoms. The van der Waals surface area contributed by atoms with Gasteiger partial charge in [0.2, 0.25) is 0 Å². The molecule has 2 rings (SSSR count). The van der Waals surface area contributed by atoms with Crippen LogP contribution in [0.4, 0.5) is 4.39 Å². The minimum Gasteiger partial charge on any atom is -0.195 e. The highest BCUT2D eigenvalue weighted by Crippen LogP contribution is 2.34. The minimum absolute atomic E-state index is 0.717. The smallest absolute Gasteiger partial charge is 0.195 e. The molecule has 0 aliphatic heterocycles. The molecule has 28 heavy (non-hydrogen) atoms. The second-order valence-electron chi connectivity index (χ2n) is 8.33. The third-order valence-corrected chi connectivity index (χ3v) is 6.08. The Bertz CT molecular complexity index is 642. The zero-order chi connectivity index (χ0) is 20.0. The van der Waals surface area contributed by atoms with E-state index >= 15 is 0 Å². The molecule has 1 aliphatic rings. The van der Waals surface area contributed by atoms with E-state index in [0.29, 0.717) is 0 Å². The maximum absolute atomic E-state index is 12.7. The highest BCUT2D eigenvalue weighted by atomic mass is 19.1. The number of halogens is 1. The highest BCUT2D eigenvalue weighted by Gasteiger charge is 2.20. The third-order valence-electron chi connectivity index (χ3n) is 6.08. The SMILES string of the molecule is CCCc1ccc(CCCC[C@H]2CC[C@H](CCC=CC=C(F)C#N)CC2)cc1. The second kappa shape index (κ2) is 13.3. The van der Waals surface area contributed by atoms with E-state index < -0.39 is 5.83 Å². The van der Waals surface area contributed by atoms with E-state index in [9.17, 15) is 4.39 Å². The summed E-state index contributed by atoms with van der Waals surface area (Å²) in [7, 11) is 0. The number of unbranched alkanes of at least 4 members (excludes halogenated alkanes) is 1. The van der Waals surface area contributed by atoms with E-state index in [1.54, 1.807) is 6.08 Å². The van der Waals surface area contributed by atoms with Crippen LogP contribution >= 0.6 is 0 Å². The number of nitrogens with zero attached hydrogens (tertiary/aromatic N) is 1. The molecule has 1 fully saturated rings. The van der Waals surface area contributed by atoms with Crippen molar-refractivity contribution in [1.29, 1.82) is 5.26 Å². The van der Waals surface area contributed by atoms with Crippen LogP contribution in [0.15, 0.2) is 48.3 Å². The number of nitriles is 1. The summed E-state index contributed by atoms with van der Waals surface area (Å²) < 4.78 is 12.7. The number of rotatable bonds is 11. The van der Waals surface area contributed by atoms with Gasteiger partial charge in [-0.05, 0) is 61.1 Å². The van der Waals surface area contributed by atoms with E-state index in [-0.39, 0.29) is 0 Å². The van der Waals surface area contributed by atoms with E-state index in [2.05, 4.69) is 31.2 Å². The molecule has 0 atom stereocenters. The standard InChI is InChI=1S/C26H36FN/c1-2-8-22-13-15-24(16-14-22)10-6-7-11-25-19-17-23(18-20-25)9-4-3-5-12-26(27)21-28/h3,5,12-16,23,25H,2,4,6-11,17-20H2,1H3/t23-,25-. The van der Waals surface area contributed by atoms with E-state index in [1.165, 1.54) is 93.9 Å². The van der Waals surface area contributed by atoms with Crippen molar-refractivity contribution in [2.75, 3.05) is 0 Å². The van der Waals surface area contributed by atoms with Crippen LogP contribution in [0.1, 0.15) is 82.3 Å². The fraction of sp³-hybridized carbons (Fsp3) is 0.577. The first kappa shape index (κ1) is 22.4. The molecule has 0 N–H and O–H groups in total. The lowest BCUT2D eigenvalue weighted by Crippen LogP contribution is -2.14. The van der Waals surface area contributed by atoms with Gasteiger partial charge in [0, 0.05) is 0 Å². The lowest BCUT2D eigenvalue weighted by atomic mass is 9.78. The van der Waals surface area contributed by atoms with Gasteiger partial charge in [-0.3, -0.25) is 0 Å². The van der Waals surface area contributed by atoms with Crippen LogP contribution < -0.4 is 0 Å². The molecule has 0 amide bonds. The Morgan fingerprint density at radius 1 is 1.00 bits per heavy atom. The van der Waals surface area contributed by atoms with E-state index in [0.717, 1.165) is 18.3 Å². The Morgan fingerprint density at radius 3 is 2.21 bits per heavy atom. The van der Waals surface area contributed by atoms with Gasteiger partial charge in [-0.25, -0.2) is 0 Å². The molecule has 0 saturated heterocycles. The van der Waals surface area contributed by atoms with Crippen LogP contribution in [0.5, 0.6) is 0 Å². The van der Waals surface area contributed by atoms with Gasteiger partial charge in [0.05, 0.1) is 0 Å². The van der Waals surface area contributed by atoms with Crippen LogP contribution in [-0.2, 0) is 12.8 Å². The maximum Gasteiger partial charge on any atom is 0.199 e. The van der Waals surface area contributed by atoms with Gasteiger partial charge in [0.1, 0.15) is 6.07 Å². The minimum atomic E-state index is -0.717. The fourth-order valence-corrected chi connectivity index (χ4v) is 4.35. The predicted molar refractivity (Wildman–Crippen MR) is 117 cm³/mol. The summed E-state index contributed by atoms with van der Waals surface area (Å²) in [6.45, 7) is 2.23. The van der Waals surface area contributed by atoms with Gasteiger partial charge in [-0.2, -0.15) is 9.65 Å². The topological polar surface area (TPSA) is 23.8 Å². The summed E-state index contributed by atoms with van der Waals surface area (Å²) in [6.07, 6.45) is 20.2. The van der Waals surface area contributed by atoms with Gasteiger partial charge in [0.25, 0.3) is 0 Å². The lowest BCUT2D eigenvalue weighted by Gasteiger charge is -2.28. The maximum atomic E-state index is 12.7. The van der Waals surface area contributed by atoms with Crippen molar-refractivity contribution >= 4 is 0 Å². The van der Waals surface area contributed by atoms with Gasteiger partial charge in [-0.1, -0.05) is 88.3 Å². The van der Waals surface area contributed by atoms with Crippen molar-refractivity contribution in [3.63, 3.8) is 0 Å². The first-order valence-corrected chi connectivity index (χ1v) is 11.2.